The second-order valence-corrected chi connectivity index (χ2v) is 10.8. The van der Waals surface area contributed by atoms with Crippen molar-refractivity contribution in [1.29, 1.82) is 0 Å². The van der Waals surface area contributed by atoms with Crippen molar-refractivity contribution < 1.29 is 27.4 Å². The maximum atomic E-state index is 13.2. The van der Waals surface area contributed by atoms with Crippen LogP contribution in [0.2, 0.25) is 0 Å². The van der Waals surface area contributed by atoms with E-state index in [0.717, 1.165) is 30.4 Å². The number of alkyl halides is 3. The molecule has 11 heteroatoms. The van der Waals surface area contributed by atoms with Gasteiger partial charge in [-0.15, -0.1) is 10.2 Å². The fourth-order valence-corrected chi connectivity index (χ4v) is 5.25. The summed E-state index contributed by atoms with van der Waals surface area (Å²) < 4.78 is 50.4. The normalized spacial score (nSPS) is 16.8. The Morgan fingerprint density at radius 2 is 1.92 bits per heavy atom. The van der Waals surface area contributed by atoms with Crippen LogP contribution < -0.4 is 4.74 Å². The van der Waals surface area contributed by atoms with Gasteiger partial charge in [0.2, 0.25) is 0 Å². The van der Waals surface area contributed by atoms with E-state index in [4.69, 9.17) is 9.47 Å². The van der Waals surface area contributed by atoms with Crippen LogP contribution >= 0.6 is 11.8 Å². The van der Waals surface area contributed by atoms with Crippen molar-refractivity contribution in [1.82, 2.24) is 20.1 Å². The summed E-state index contributed by atoms with van der Waals surface area (Å²) in [6.45, 7) is 6.66. The van der Waals surface area contributed by atoms with Crippen molar-refractivity contribution in [3.63, 3.8) is 0 Å². The van der Waals surface area contributed by atoms with Gasteiger partial charge in [-0.1, -0.05) is 11.8 Å². The number of rotatable bonds is 4. The van der Waals surface area contributed by atoms with E-state index < -0.39 is 17.3 Å². The van der Waals surface area contributed by atoms with E-state index in [9.17, 15) is 18.0 Å². The Balaban J connectivity index is 1.63. The maximum absolute atomic E-state index is 13.2. The molecule has 3 heterocycles. The van der Waals surface area contributed by atoms with E-state index in [-0.39, 0.29) is 17.1 Å². The number of methoxy groups -OCH3 is 1. The van der Waals surface area contributed by atoms with Crippen molar-refractivity contribution in [2.24, 2.45) is 0 Å². The molecule has 2 aromatic heterocycles. The van der Waals surface area contributed by atoms with Gasteiger partial charge < -0.3 is 14.4 Å². The van der Waals surface area contributed by atoms with Crippen LogP contribution in [0.15, 0.2) is 41.7 Å². The molecule has 1 fully saturated rings. The van der Waals surface area contributed by atoms with Crippen molar-refractivity contribution in [2.45, 2.75) is 55.7 Å². The molecule has 0 radical (unpaired) electrons. The SMILES string of the molecule is COc1cc(C(F)(F)F)ccc1-c1nnc(S[C@@H]2CCCN(C(=O)OC(C)(C)C)C2)c2ccncc12. The number of ether oxygens (including phenoxy) is 2. The molecule has 3 aromatic rings. The van der Waals surface area contributed by atoms with Crippen LogP contribution in [0.5, 0.6) is 5.75 Å². The van der Waals surface area contributed by atoms with Gasteiger partial charge in [-0.05, 0) is 57.9 Å². The van der Waals surface area contributed by atoms with E-state index in [0.29, 0.717) is 34.8 Å². The molecule has 1 aromatic carbocycles. The third-order valence-corrected chi connectivity index (χ3v) is 6.88. The van der Waals surface area contributed by atoms with Crippen LogP contribution in [0, 0.1) is 0 Å². The van der Waals surface area contributed by atoms with Crippen molar-refractivity contribution in [3.8, 4) is 17.0 Å². The molecule has 0 saturated carbocycles. The van der Waals surface area contributed by atoms with E-state index >= 15 is 0 Å². The topological polar surface area (TPSA) is 77.4 Å². The molecular formula is C25H27F3N4O3S. The molecule has 1 aliphatic rings. The third kappa shape index (κ3) is 5.83. The van der Waals surface area contributed by atoms with Crippen LogP contribution in [0.25, 0.3) is 22.0 Å². The summed E-state index contributed by atoms with van der Waals surface area (Å²) >= 11 is 1.52. The minimum absolute atomic E-state index is 0.0463. The molecular weight excluding hydrogens is 493 g/mol. The molecule has 1 aliphatic heterocycles. The van der Waals surface area contributed by atoms with Crippen LogP contribution in [-0.2, 0) is 10.9 Å². The van der Waals surface area contributed by atoms with Crippen molar-refractivity contribution in [2.75, 3.05) is 20.2 Å². The first-order valence-electron chi connectivity index (χ1n) is 11.5. The number of hydrogen-bond donors (Lipinski definition) is 0. The van der Waals surface area contributed by atoms with Gasteiger partial charge in [0.05, 0.1) is 12.7 Å². The third-order valence-electron chi connectivity index (χ3n) is 5.64. The highest BCUT2D eigenvalue weighted by molar-refractivity contribution is 8.00. The molecule has 0 aliphatic carbocycles. The van der Waals surface area contributed by atoms with Gasteiger partial charge >= 0.3 is 12.3 Å². The number of fused-ring (bicyclic) bond motifs is 1. The molecule has 7 nitrogen and oxygen atoms in total. The molecule has 36 heavy (non-hydrogen) atoms. The fraction of sp³-hybridized carbons (Fsp3) is 0.440. The Labute approximate surface area is 211 Å². The monoisotopic (exact) mass is 520 g/mol. The number of likely N-dealkylation sites (tertiary alicyclic amines) is 1. The highest BCUT2D eigenvalue weighted by Crippen LogP contribution is 2.40. The molecule has 1 amide bonds. The number of hydrogen-bond acceptors (Lipinski definition) is 7. The first-order valence-corrected chi connectivity index (χ1v) is 12.3. The van der Waals surface area contributed by atoms with E-state index in [1.807, 2.05) is 20.8 Å². The van der Waals surface area contributed by atoms with Crippen LogP contribution in [0.1, 0.15) is 39.2 Å². The Hall–Kier alpha value is -3.08. The lowest BCUT2D eigenvalue weighted by Crippen LogP contribution is -2.43. The number of benzene rings is 1. The highest BCUT2D eigenvalue weighted by atomic mass is 32.2. The van der Waals surface area contributed by atoms with Gasteiger partial charge in [0, 0.05) is 47.1 Å². The zero-order valence-corrected chi connectivity index (χ0v) is 21.2. The highest BCUT2D eigenvalue weighted by Gasteiger charge is 2.32. The quantitative estimate of drug-likeness (QED) is 0.405. The first-order chi connectivity index (χ1) is 17.0. The average Bonchev–Trinajstić information content (AvgIpc) is 2.82. The number of pyridine rings is 1. The molecule has 0 bridgehead atoms. The Morgan fingerprint density at radius 1 is 1.14 bits per heavy atom. The minimum Gasteiger partial charge on any atom is -0.496 e. The van der Waals surface area contributed by atoms with Gasteiger partial charge in [0.25, 0.3) is 0 Å². The number of piperidine rings is 1. The van der Waals surface area contributed by atoms with E-state index in [1.165, 1.54) is 24.9 Å². The summed E-state index contributed by atoms with van der Waals surface area (Å²) in [7, 11) is 1.32. The number of amides is 1. The zero-order chi connectivity index (χ0) is 26.1. The summed E-state index contributed by atoms with van der Waals surface area (Å²) in [5, 5.41) is 11.0. The maximum Gasteiger partial charge on any atom is 0.416 e. The van der Waals surface area contributed by atoms with Crippen molar-refractivity contribution >= 4 is 28.6 Å². The lowest BCUT2D eigenvalue weighted by atomic mass is 10.0. The first kappa shape index (κ1) is 26.0. The van der Waals surface area contributed by atoms with Gasteiger partial charge in [-0.3, -0.25) is 4.98 Å². The summed E-state index contributed by atoms with van der Waals surface area (Å²) in [5.74, 6) is 0.0463. The zero-order valence-electron chi connectivity index (χ0n) is 20.4. The molecule has 192 valence electrons. The van der Waals surface area contributed by atoms with E-state index in [1.54, 1.807) is 23.4 Å². The predicted octanol–water partition coefficient (Wildman–Crippen LogP) is 6.21. The number of carbonyl (C=O) groups excluding carboxylic acids is 1. The Bertz CT molecular complexity index is 1260. The number of halogens is 3. The predicted molar refractivity (Wildman–Crippen MR) is 131 cm³/mol. The summed E-state index contributed by atoms with van der Waals surface area (Å²) in [6.07, 6.45) is 0.161. The Kier molecular flexibility index (Phi) is 7.31. The number of thioether (sulfide) groups is 1. The van der Waals surface area contributed by atoms with Gasteiger partial charge in [0.15, 0.2) is 0 Å². The molecule has 4 rings (SSSR count). The molecule has 0 N–H and O–H groups in total. The average molecular weight is 521 g/mol. The molecule has 0 unspecified atom stereocenters. The Morgan fingerprint density at radius 3 is 2.61 bits per heavy atom. The second kappa shape index (κ2) is 10.1. The van der Waals surface area contributed by atoms with Gasteiger partial charge in [-0.25, -0.2) is 4.79 Å². The minimum atomic E-state index is -4.49. The molecule has 1 saturated heterocycles. The lowest BCUT2D eigenvalue weighted by molar-refractivity contribution is -0.137. The summed E-state index contributed by atoms with van der Waals surface area (Å²) in [4.78, 5) is 18.5. The summed E-state index contributed by atoms with van der Waals surface area (Å²) in [5.41, 5.74) is -0.605. The fourth-order valence-electron chi connectivity index (χ4n) is 4.01. The number of carbonyl (C=O) groups is 1. The molecule has 0 spiro atoms. The van der Waals surface area contributed by atoms with Gasteiger partial charge in [0.1, 0.15) is 22.1 Å². The number of aromatic nitrogens is 3. The number of nitrogens with zero attached hydrogens (tertiary/aromatic N) is 4. The van der Waals surface area contributed by atoms with Crippen LogP contribution in [0.4, 0.5) is 18.0 Å². The standard InChI is InChI=1S/C25H27F3N4O3S/c1-24(2,3)35-23(33)32-11-5-6-16(14-32)36-22-17-9-10-29-13-19(17)21(30-31-22)18-8-7-15(25(26,27)28)12-20(18)34-4/h7-10,12-13,16H,5-6,11,14H2,1-4H3/t16-/m1/s1. The molecule has 1 atom stereocenters. The summed E-state index contributed by atoms with van der Waals surface area (Å²) in [6, 6.07) is 5.10. The largest absolute Gasteiger partial charge is 0.496 e. The second-order valence-electron chi connectivity index (χ2n) is 9.50. The smallest absolute Gasteiger partial charge is 0.416 e. The lowest BCUT2D eigenvalue weighted by Gasteiger charge is -2.33. The van der Waals surface area contributed by atoms with E-state index in [2.05, 4.69) is 15.2 Å². The van der Waals surface area contributed by atoms with Crippen LogP contribution in [0.3, 0.4) is 0 Å². The van der Waals surface area contributed by atoms with Crippen LogP contribution in [-0.4, -0.2) is 57.2 Å². The van der Waals surface area contributed by atoms with Crippen molar-refractivity contribution in [3.05, 3.63) is 42.2 Å². The van der Waals surface area contributed by atoms with Gasteiger partial charge in [-0.2, -0.15) is 13.2 Å².